The van der Waals surface area contributed by atoms with Gasteiger partial charge in [0.05, 0.1) is 17.5 Å². The van der Waals surface area contributed by atoms with E-state index in [-0.39, 0.29) is 11.9 Å². The van der Waals surface area contributed by atoms with Crippen LogP contribution in [0.5, 0.6) is 0 Å². The molecule has 0 saturated heterocycles. The molecular weight excluding hydrogens is 332 g/mol. The highest BCUT2D eigenvalue weighted by Gasteiger charge is 2.32. The number of pyridine rings is 1. The molecule has 0 aliphatic heterocycles. The van der Waals surface area contributed by atoms with Crippen LogP contribution < -0.4 is 5.32 Å². The zero-order chi connectivity index (χ0) is 16.7. The Kier molecular flexibility index (Phi) is 3.61. The largest absolute Gasteiger partial charge is 0.372 e. The van der Waals surface area contributed by atoms with Crippen molar-refractivity contribution in [3.63, 3.8) is 0 Å². The van der Waals surface area contributed by atoms with Crippen LogP contribution in [0.15, 0.2) is 37.1 Å². The van der Waals surface area contributed by atoms with Crippen molar-refractivity contribution in [1.82, 2.24) is 18.9 Å². The summed E-state index contributed by atoms with van der Waals surface area (Å²) in [6, 6.07) is 3.41. The lowest BCUT2D eigenvalue weighted by Crippen LogP contribution is -2.37. The number of anilines is 1. The number of nitrogens with one attached hydrogen (secondary N) is 1. The van der Waals surface area contributed by atoms with Crippen molar-refractivity contribution in [1.29, 1.82) is 0 Å². The molecule has 8 nitrogen and oxygen atoms in total. The van der Waals surface area contributed by atoms with E-state index in [0.29, 0.717) is 22.4 Å². The smallest absolute Gasteiger partial charge is 0.360 e. The topological polar surface area (TPSA) is 90.3 Å². The van der Waals surface area contributed by atoms with E-state index >= 15 is 0 Å². The molecule has 0 spiro atoms. The van der Waals surface area contributed by atoms with E-state index in [4.69, 9.17) is 11.6 Å². The molecule has 9 heteroatoms. The van der Waals surface area contributed by atoms with E-state index in [9.17, 15) is 10.1 Å². The zero-order valence-electron chi connectivity index (χ0n) is 12.7. The number of imidazole rings is 2. The number of nitro groups is 1. The molecule has 1 saturated carbocycles. The zero-order valence-corrected chi connectivity index (χ0v) is 13.4. The molecule has 1 N–H and O–H groups in total. The highest BCUT2D eigenvalue weighted by atomic mass is 35.5. The predicted octanol–water partition coefficient (Wildman–Crippen LogP) is 2.98. The summed E-state index contributed by atoms with van der Waals surface area (Å²) in [6.45, 7) is 0.918. The number of aromatic nitrogens is 4. The van der Waals surface area contributed by atoms with Crippen molar-refractivity contribution in [2.75, 3.05) is 5.32 Å². The molecule has 24 heavy (non-hydrogen) atoms. The summed E-state index contributed by atoms with van der Waals surface area (Å²) >= 11 is 5.94. The van der Waals surface area contributed by atoms with Crippen molar-refractivity contribution in [2.45, 2.75) is 25.4 Å². The minimum Gasteiger partial charge on any atom is -0.360 e. The first kappa shape index (κ1) is 14.9. The van der Waals surface area contributed by atoms with Gasteiger partial charge in [-0.3, -0.25) is 0 Å². The fourth-order valence-corrected chi connectivity index (χ4v) is 3.32. The average molecular weight is 347 g/mol. The summed E-state index contributed by atoms with van der Waals surface area (Å²) in [5.74, 6) is 0.787. The first-order chi connectivity index (χ1) is 11.6. The maximum Gasteiger partial charge on any atom is 0.372 e. The molecule has 4 rings (SSSR count). The standard InChI is InChI=1S/C15H15ClN6O2/c16-11-1-3-21-13(7-11)19-14(15(21)22(23)24)18-12-5-10(6-12)8-20-4-2-17-9-20/h1-4,7,9-10,12,18H,5-6,8H2. The van der Waals surface area contributed by atoms with E-state index in [1.165, 1.54) is 4.40 Å². The van der Waals surface area contributed by atoms with Gasteiger partial charge < -0.3 is 20.0 Å². The van der Waals surface area contributed by atoms with Crippen molar-refractivity contribution in [2.24, 2.45) is 5.92 Å². The van der Waals surface area contributed by atoms with Crippen molar-refractivity contribution < 1.29 is 4.92 Å². The second kappa shape index (κ2) is 5.79. The highest BCUT2D eigenvalue weighted by molar-refractivity contribution is 6.30. The Labute approximate surface area is 142 Å². The third-order valence-corrected chi connectivity index (χ3v) is 4.58. The number of halogens is 1. The van der Waals surface area contributed by atoms with E-state index in [1.807, 2.05) is 6.20 Å². The van der Waals surface area contributed by atoms with Gasteiger partial charge in [0.1, 0.15) is 0 Å². The Hall–Kier alpha value is -2.61. The second-order valence-corrected chi connectivity index (χ2v) is 6.49. The first-order valence-corrected chi connectivity index (χ1v) is 8.02. The number of fused-ring (bicyclic) bond motifs is 1. The van der Waals surface area contributed by atoms with Crippen LogP contribution in [-0.4, -0.2) is 29.9 Å². The third-order valence-electron chi connectivity index (χ3n) is 4.34. The molecule has 0 radical (unpaired) electrons. The Bertz CT molecular complexity index is 885. The summed E-state index contributed by atoms with van der Waals surface area (Å²) in [7, 11) is 0. The molecule has 0 aromatic carbocycles. The number of hydrogen-bond donors (Lipinski definition) is 1. The fraction of sp³-hybridized carbons (Fsp3) is 0.333. The van der Waals surface area contributed by atoms with Crippen LogP contribution in [0, 0.1) is 16.0 Å². The van der Waals surface area contributed by atoms with Gasteiger partial charge in [-0.05, 0) is 29.7 Å². The van der Waals surface area contributed by atoms with Crippen LogP contribution in [0.25, 0.3) is 5.65 Å². The van der Waals surface area contributed by atoms with Crippen molar-refractivity contribution >= 4 is 28.9 Å². The van der Waals surface area contributed by atoms with Gasteiger partial charge in [0.2, 0.25) is 11.5 Å². The SMILES string of the molecule is O=[N+]([O-])c1c(NC2CC(Cn3ccnc3)C2)nc2cc(Cl)ccn12. The molecule has 1 aliphatic rings. The predicted molar refractivity (Wildman–Crippen MR) is 89.2 cm³/mol. The van der Waals surface area contributed by atoms with Crippen LogP contribution in [0.3, 0.4) is 0 Å². The molecule has 3 aromatic rings. The lowest BCUT2D eigenvalue weighted by atomic mass is 9.80. The molecule has 3 aromatic heterocycles. The molecule has 1 fully saturated rings. The molecule has 0 atom stereocenters. The molecule has 0 bridgehead atoms. The van der Waals surface area contributed by atoms with E-state index in [1.54, 1.807) is 30.9 Å². The van der Waals surface area contributed by atoms with E-state index in [0.717, 1.165) is 19.4 Å². The Morgan fingerprint density at radius 1 is 1.42 bits per heavy atom. The molecule has 124 valence electrons. The quantitative estimate of drug-likeness (QED) is 0.566. The maximum atomic E-state index is 11.4. The van der Waals surface area contributed by atoms with Gasteiger partial charge >= 0.3 is 5.82 Å². The summed E-state index contributed by atoms with van der Waals surface area (Å²) in [6.07, 6.45) is 8.97. The molecule has 0 amide bonds. The minimum absolute atomic E-state index is 0.0558. The molecule has 1 aliphatic carbocycles. The number of hydrogen-bond acceptors (Lipinski definition) is 5. The van der Waals surface area contributed by atoms with Gasteiger partial charge in [-0.2, -0.15) is 9.38 Å². The normalized spacial score (nSPS) is 20.0. The van der Waals surface area contributed by atoms with Gasteiger partial charge in [0.15, 0.2) is 0 Å². The summed E-state index contributed by atoms with van der Waals surface area (Å²) in [4.78, 5) is 19.3. The van der Waals surface area contributed by atoms with E-state index < -0.39 is 4.92 Å². The Morgan fingerprint density at radius 3 is 2.96 bits per heavy atom. The van der Waals surface area contributed by atoms with Crippen molar-refractivity contribution in [3.8, 4) is 0 Å². The Balaban J connectivity index is 1.49. The minimum atomic E-state index is -0.419. The Morgan fingerprint density at radius 2 is 2.25 bits per heavy atom. The van der Waals surface area contributed by atoms with Crippen LogP contribution in [-0.2, 0) is 6.54 Å². The molecular formula is C15H15ClN6O2. The maximum absolute atomic E-state index is 11.4. The van der Waals surface area contributed by atoms with Gasteiger partial charge in [0, 0.05) is 31.0 Å². The van der Waals surface area contributed by atoms with Crippen LogP contribution >= 0.6 is 11.6 Å². The number of nitrogens with zero attached hydrogens (tertiary/aromatic N) is 5. The van der Waals surface area contributed by atoms with Crippen LogP contribution in [0.4, 0.5) is 11.6 Å². The van der Waals surface area contributed by atoms with Gasteiger partial charge in [-0.25, -0.2) is 4.98 Å². The first-order valence-electron chi connectivity index (χ1n) is 7.64. The van der Waals surface area contributed by atoms with Gasteiger partial charge in [0.25, 0.3) is 0 Å². The third kappa shape index (κ3) is 2.69. The number of rotatable bonds is 5. The monoisotopic (exact) mass is 346 g/mol. The van der Waals surface area contributed by atoms with Crippen LogP contribution in [0.1, 0.15) is 12.8 Å². The van der Waals surface area contributed by atoms with Gasteiger partial charge in [-0.15, -0.1) is 0 Å². The molecule has 3 heterocycles. The fourth-order valence-electron chi connectivity index (χ4n) is 3.17. The van der Waals surface area contributed by atoms with Crippen molar-refractivity contribution in [3.05, 3.63) is 52.2 Å². The highest BCUT2D eigenvalue weighted by Crippen LogP contribution is 2.34. The summed E-state index contributed by atoms with van der Waals surface area (Å²) in [5.41, 5.74) is 0.464. The summed E-state index contributed by atoms with van der Waals surface area (Å²) < 4.78 is 3.49. The van der Waals surface area contributed by atoms with Gasteiger partial charge in [-0.1, -0.05) is 11.6 Å². The van der Waals surface area contributed by atoms with Crippen LogP contribution in [0.2, 0.25) is 5.02 Å². The average Bonchev–Trinajstić information content (AvgIpc) is 3.11. The van der Waals surface area contributed by atoms with E-state index in [2.05, 4.69) is 19.9 Å². The summed E-state index contributed by atoms with van der Waals surface area (Å²) in [5, 5.41) is 15.1. The molecule has 0 unspecified atom stereocenters. The second-order valence-electron chi connectivity index (χ2n) is 6.05. The lowest BCUT2D eigenvalue weighted by Gasteiger charge is -2.35. The lowest BCUT2D eigenvalue weighted by molar-refractivity contribution is -0.389.